The molecule has 0 saturated carbocycles. The number of carbonyl (C=O) groups is 1. The van der Waals surface area contributed by atoms with E-state index in [4.69, 9.17) is 4.42 Å². The largest absolute Gasteiger partial charge is 0.459 e. The fourth-order valence-electron chi connectivity index (χ4n) is 2.31. The number of hydrogen-bond donors (Lipinski definition) is 2. The van der Waals surface area contributed by atoms with Crippen molar-refractivity contribution in [2.24, 2.45) is 12.0 Å². The van der Waals surface area contributed by atoms with Crippen LogP contribution >= 0.6 is 0 Å². The molecule has 0 aromatic carbocycles. The first-order valence-electron chi connectivity index (χ1n) is 8.10. The lowest BCUT2D eigenvalue weighted by atomic mass is 10.2. The lowest BCUT2D eigenvalue weighted by molar-refractivity contribution is 0.0925. The topological polar surface area (TPSA) is 101 Å². The molecule has 1 amide bonds. The Hall–Kier alpha value is -2.84. The van der Waals surface area contributed by atoms with Crippen LogP contribution in [-0.2, 0) is 13.6 Å². The second-order valence-electron chi connectivity index (χ2n) is 5.67. The van der Waals surface area contributed by atoms with Gasteiger partial charge in [0, 0.05) is 39.8 Å². The van der Waals surface area contributed by atoms with Gasteiger partial charge in [-0.15, -0.1) is 0 Å². The minimum absolute atomic E-state index is 0.189. The van der Waals surface area contributed by atoms with Crippen LogP contribution in [0.5, 0.6) is 0 Å². The van der Waals surface area contributed by atoms with Gasteiger partial charge in [0.25, 0.3) is 5.91 Å². The summed E-state index contributed by atoms with van der Waals surface area (Å²) in [5.41, 5.74) is 0.835. The Morgan fingerprint density at radius 2 is 2.16 bits per heavy atom. The van der Waals surface area contributed by atoms with Gasteiger partial charge in [-0.3, -0.25) is 14.5 Å². The first-order valence-corrected chi connectivity index (χ1v) is 8.10. The molecule has 2 N–H and O–H groups in total. The van der Waals surface area contributed by atoms with E-state index in [-0.39, 0.29) is 5.91 Å². The van der Waals surface area contributed by atoms with Crippen molar-refractivity contribution in [3.63, 3.8) is 0 Å². The number of furan rings is 1. The summed E-state index contributed by atoms with van der Waals surface area (Å²) in [5.74, 6) is 1.79. The summed E-state index contributed by atoms with van der Waals surface area (Å²) < 4.78 is 6.90. The van der Waals surface area contributed by atoms with Crippen LogP contribution in [0.25, 0.3) is 0 Å². The maximum atomic E-state index is 11.9. The van der Waals surface area contributed by atoms with Crippen LogP contribution in [0.15, 0.2) is 28.1 Å². The predicted octanol–water partition coefficient (Wildman–Crippen LogP) is 0.544. The zero-order chi connectivity index (χ0) is 18.2. The smallest absolute Gasteiger partial charge is 0.287 e. The van der Waals surface area contributed by atoms with Gasteiger partial charge in [-0.25, -0.2) is 4.98 Å². The van der Waals surface area contributed by atoms with E-state index in [1.807, 2.05) is 25.9 Å². The highest BCUT2D eigenvalue weighted by atomic mass is 16.3. The van der Waals surface area contributed by atoms with E-state index < -0.39 is 0 Å². The van der Waals surface area contributed by atoms with Crippen molar-refractivity contribution in [2.45, 2.75) is 19.9 Å². The maximum absolute atomic E-state index is 11.9. The Balaban J connectivity index is 1.70. The Kier molecular flexibility index (Phi) is 6.55. The standard InChI is InChI=1S/C16H25N7O2/c1-12-6-9-25-14(12)15(24)18-7-5-8-19-16(17-2)22(3)10-13-20-11-21-23(13)4/h6,9,11H,5,7-8,10H2,1-4H3,(H,17,19)(H,18,24). The Bertz CT molecular complexity index is 720. The molecule has 0 fully saturated rings. The third kappa shape index (κ3) is 5.07. The molecule has 0 bridgehead atoms. The summed E-state index contributed by atoms with van der Waals surface area (Å²) in [6, 6.07) is 1.77. The lowest BCUT2D eigenvalue weighted by Crippen LogP contribution is -2.40. The first-order chi connectivity index (χ1) is 12.0. The molecule has 0 radical (unpaired) electrons. The summed E-state index contributed by atoms with van der Waals surface area (Å²) >= 11 is 0. The van der Waals surface area contributed by atoms with Gasteiger partial charge in [-0.05, 0) is 19.4 Å². The number of hydrogen-bond acceptors (Lipinski definition) is 5. The highest BCUT2D eigenvalue weighted by Gasteiger charge is 2.12. The third-order valence-electron chi connectivity index (χ3n) is 3.75. The quantitative estimate of drug-likeness (QED) is 0.431. The number of aryl methyl sites for hydroxylation is 2. The van der Waals surface area contributed by atoms with E-state index >= 15 is 0 Å². The fraction of sp³-hybridized carbons (Fsp3) is 0.500. The number of guanidine groups is 1. The van der Waals surface area contributed by atoms with Crippen LogP contribution in [0, 0.1) is 6.92 Å². The maximum Gasteiger partial charge on any atom is 0.287 e. The van der Waals surface area contributed by atoms with Gasteiger partial charge in [-0.2, -0.15) is 5.10 Å². The molecule has 25 heavy (non-hydrogen) atoms. The Morgan fingerprint density at radius 3 is 2.76 bits per heavy atom. The number of carbonyl (C=O) groups excluding carboxylic acids is 1. The molecule has 136 valence electrons. The van der Waals surface area contributed by atoms with Gasteiger partial charge >= 0.3 is 0 Å². The molecule has 2 rings (SSSR count). The predicted molar refractivity (Wildman–Crippen MR) is 94.2 cm³/mol. The van der Waals surface area contributed by atoms with Crippen molar-refractivity contribution >= 4 is 11.9 Å². The summed E-state index contributed by atoms with van der Waals surface area (Å²) in [4.78, 5) is 22.4. The molecular formula is C16H25N7O2. The molecule has 0 spiro atoms. The molecule has 2 aromatic rings. The fourth-order valence-corrected chi connectivity index (χ4v) is 2.31. The minimum atomic E-state index is -0.189. The summed E-state index contributed by atoms with van der Waals surface area (Å²) in [5, 5.41) is 10.2. The molecule has 9 heteroatoms. The molecule has 2 heterocycles. The number of rotatable bonds is 7. The molecule has 0 aliphatic heterocycles. The number of aliphatic imine (C=N–C) groups is 1. The van der Waals surface area contributed by atoms with Gasteiger partial charge in [-0.1, -0.05) is 0 Å². The number of nitrogens with zero attached hydrogens (tertiary/aromatic N) is 5. The van der Waals surface area contributed by atoms with Crippen molar-refractivity contribution in [3.8, 4) is 0 Å². The van der Waals surface area contributed by atoms with Crippen LogP contribution in [0.1, 0.15) is 28.4 Å². The highest BCUT2D eigenvalue weighted by Crippen LogP contribution is 2.07. The molecule has 0 unspecified atom stereocenters. The number of amides is 1. The summed E-state index contributed by atoms with van der Waals surface area (Å²) in [6.07, 6.45) is 3.81. The average molecular weight is 347 g/mol. The number of aromatic nitrogens is 3. The minimum Gasteiger partial charge on any atom is -0.459 e. The Labute approximate surface area is 147 Å². The SMILES string of the molecule is CN=C(NCCCNC(=O)c1occc1C)N(C)Cc1ncnn1C. The van der Waals surface area contributed by atoms with E-state index in [2.05, 4.69) is 25.7 Å². The van der Waals surface area contributed by atoms with Gasteiger partial charge in [0.15, 0.2) is 11.7 Å². The molecule has 0 aliphatic carbocycles. The van der Waals surface area contributed by atoms with Gasteiger partial charge in [0.1, 0.15) is 12.2 Å². The monoisotopic (exact) mass is 347 g/mol. The summed E-state index contributed by atoms with van der Waals surface area (Å²) in [7, 11) is 5.53. The molecule has 0 atom stereocenters. The summed E-state index contributed by atoms with van der Waals surface area (Å²) in [6.45, 7) is 3.69. The lowest BCUT2D eigenvalue weighted by Gasteiger charge is -2.21. The van der Waals surface area contributed by atoms with Crippen LogP contribution in [0.2, 0.25) is 0 Å². The van der Waals surface area contributed by atoms with Crippen LogP contribution in [-0.4, -0.2) is 58.7 Å². The zero-order valence-corrected chi connectivity index (χ0v) is 15.1. The second kappa shape index (κ2) is 8.86. The van der Waals surface area contributed by atoms with E-state index in [1.165, 1.54) is 12.6 Å². The molecule has 9 nitrogen and oxygen atoms in total. The number of nitrogens with one attached hydrogen (secondary N) is 2. The molecule has 0 aliphatic rings. The van der Waals surface area contributed by atoms with Gasteiger partial charge in [0.05, 0.1) is 12.8 Å². The molecule has 2 aromatic heterocycles. The third-order valence-corrected chi connectivity index (χ3v) is 3.75. The second-order valence-corrected chi connectivity index (χ2v) is 5.67. The van der Waals surface area contributed by atoms with Crippen molar-refractivity contribution in [1.82, 2.24) is 30.3 Å². The van der Waals surface area contributed by atoms with Crippen molar-refractivity contribution < 1.29 is 9.21 Å². The first kappa shape index (κ1) is 18.5. The average Bonchev–Trinajstić information content (AvgIpc) is 3.19. The van der Waals surface area contributed by atoms with E-state index in [1.54, 1.807) is 17.8 Å². The van der Waals surface area contributed by atoms with E-state index in [0.717, 1.165) is 23.8 Å². The van der Waals surface area contributed by atoms with Crippen molar-refractivity contribution in [3.05, 3.63) is 35.8 Å². The van der Waals surface area contributed by atoms with Gasteiger partial charge in [0.2, 0.25) is 0 Å². The van der Waals surface area contributed by atoms with Crippen LogP contribution in [0.4, 0.5) is 0 Å². The molecular weight excluding hydrogens is 322 g/mol. The van der Waals surface area contributed by atoms with E-state index in [9.17, 15) is 4.79 Å². The van der Waals surface area contributed by atoms with Crippen molar-refractivity contribution in [2.75, 3.05) is 27.2 Å². The normalized spacial score (nSPS) is 11.4. The highest BCUT2D eigenvalue weighted by molar-refractivity contribution is 5.92. The molecule has 0 saturated heterocycles. The zero-order valence-electron chi connectivity index (χ0n) is 15.1. The van der Waals surface area contributed by atoms with Crippen molar-refractivity contribution in [1.29, 1.82) is 0 Å². The van der Waals surface area contributed by atoms with Gasteiger partial charge < -0.3 is 20.0 Å². The van der Waals surface area contributed by atoms with Crippen LogP contribution < -0.4 is 10.6 Å². The Morgan fingerprint density at radius 1 is 1.40 bits per heavy atom. The van der Waals surface area contributed by atoms with E-state index in [0.29, 0.717) is 25.4 Å². The van der Waals surface area contributed by atoms with Crippen LogP contribution in [0.3, 0.4) is 0 Å².